The number of fused-ring (bicyclic) bond motifs is 1. The summed E-state index contributed by atoms with van der Waals surface area (Å²) in [5.41, 5.74) is 2.06. The standard InChI is InChI=1S/C18H19N3O2S/c1-4-20-16(22)14(17(23)21(5-2)18(20)24)10-12-11-19(3)15-9-7-6-8-13(12)15/h6-11H,4-5H2,1-3H3. The van der Waals surface area contributed by atoms with E-state index in [1.54, 1.807) is 6.08 Å². The van der Waals surface area contributed by atoms with Crippen molar-refractivity contribution in [3.63, 3.8) is 0 Å². The molecule has 0 N–H and O–H groups in total. The van der Waals surface area contributed by atoms with E-state index in [1.807, 2.05) is 55.9 Å². The highest BCUT2D eigenvalue weighted by molar-refractivity contribution is 7.80. The number of carbonyl (C=O) groups is 2. The molecule has 124 valence electrons. The van der Waals surface area contributed by atoms with E-state index in [0.717, 1.165) is 16.5 Å². The Morgan fingerprint density at radius 2 is 1.62 bits per heavy atom. The number of likely N-dealkylation sites (N-methyl/N-ethyl adjacent to an activating group) is 2. The van der Waals surface area contributed by atoms with E-state index >= 15 is 0 Å². The summed E-state index contributed by atoms with van der Waals surface area (Å²) in [7, 11) is 1.95. The second kappa shape index (κ2) is 6.20. The van der Waals surface area contributed by atoms with E-state index in [2.05, 4.69) is 0 Å². The number of para-hydroxylation sites is 1. The highest BCUT2D eigenvalue weighted by Crippen LogP contribution is 2.25. The average molecular weight is 341 g/mol. The van der Waals surface area contributed by atoms with Crippen molar-refractivity contribution in [3.8, 4) is 0 Å². The first-order valence-electron chi connectivity index (χ1n) is 7.93. The molecule has 24 heavy (non-hydrogen) atoms. The predicted molar refractivity (Wildman–Crippen MR) is 98.3 cm³/mol. The average Bonchev–Trinajstić information content (AvgIpc) is 2.89. The lowest BCUT2D eigenvalue weighted by molar-refractivity contribution is -0.133. The number of hydrogen-bond donors (Lipinski definition) is 0. The Morgan fingerprint density at radius 3 is 2.21 bits per heavy atom. The molecule has 0 spiro atoms. The van der Waals surface area contributed by atoms with E-state index in [1.165, 1.54) is 9.80 Å². The van der Waals surface area contributed by atoms with Gasteiger partial charge in [-0.15, -0.1) is 0 Å². The van der Waals surface area contributed by atoms with Gasteiger partial charge in [-0.3, -0.25) is 19.4 Å². The van der Waals surface area contributed by atoms with Gasteiger partial charge in [-0.05, 0) is 38.2 Å². The van der Waals surface area contributed by atoms with Crippen molar-refractivity contribution in [3.05, 3.63) is 41.6 Å². The van der Waals surface area contributed by atoms with Gasteiger partial charge in [0.25, 0.3) is 11.8 Å². The topological polar surface area (TPSA) is 45.6 Å². The Labute approximate surface area is 146 Å². The van der Waals surface area contributed by atoms with Gasteiger partial charge in [0.15, 0.2) is 5.11 Å². The van der Waals surface area contributed by atoms with E-state index in [4.69, 9.17) is 12.2 Å². The van der Waals surface area contributed by atoms with Crippen molar-refractivity contribution in [2.75, 3.05) is 13.1 Å². The molecule has 0 radical (unpaired) electrons. The quantitative estimate of drug-likeness (QED) is 0.490. The summed E-state index contributed by atoms with van der Waals surface area (Å²) >= 11 is 5.28. The third kappa shape index (κ3) is 2.43. The van der Waals surface area contributed by atoms with E-state index in [0.29, 0.717) is 13.1 Å². The second-order valence-electron chi connectivity index (χ2n) is 5.65. The molecule has 3 rings (SSSR count). The Hall–Kier alpha value is -2.47. The lowest BCUT2D eigenvalue weighted by Crippen LogP contribution is -2.55. The van der Waals surface area contributed by atoms with Gasteiger partial charge >= 0.3 is 0 Å². The minimum absolute atomic E-state index is 0.156. The Balaban J connectivity index is 2.14. The highest BCUT2D eigenvalue weighted by atomic mass is 32.1. The number of rotatable bonds is 3. The molecule has 1 aromatic heterocycles. The minimum Gasteiger partial charge on any atom is -0.350 e. The molecule has 1 fully saturated rings. The van der Waals surface area contributed by atoms with Crippen molar-refractivity contribution < 1.29 is 9.59 Å². The van der Waals surface area contributed by atoms with Gasteiger partial charge in [-0.2, -0.15) is 0 Å². The normalized spacial score (nSPS) is 15.6. The zero-order valence-electron chi connectivity index (χ0n) is 13.9. The Morgan fingerprint density at radius 1 is 1.04 bits per heavy atom. The van der Waals surface area contributed by atoms with E-state index in [9.17, 15) is 9.59 Å². The van der Waals surface area contributed by atoms with Gasteiger partial charge in [0, 0.05) is 42.8 Å². The van der Waals surface area contributed by atoms with Crippen molar-refractivity contribution in [1.82, 2.24) is 14.4 Å². The van der Waals surface area contributed by atoms with Crippen LogP contribution in [0.1, 0.15) is 19.4 Å². The van der Waals surface area contributed by atoms with Crippen molar-refractivity contribution >= 4 is 46.1 Å². The molecular formula is C18H19N3O2S. The fraction of sp³-hybridized carbons (Fsp3) is 0.278. The molecule has 0 atom stereocenters. The summed E-state index contributed by atoms with van der Waals surface area (Å²) in [6, 6.07) is 7.90. The molecule has 2 heterocycles. The third-order valence-electron chi connectivity index (χ3n) is 4.27. The maximum Gasteiger partial charge on any atom is 0.265 e. The van der Waals surface area contributed by atoms with Gasteiger partial charge in [-0.25, -0.2) is 0 Å². The van der Waals surface area contributed by atoms with Crippen LogP contribution >= 0.6 is 12.2 Å². The number of hydrogen-bond acceptors (Lipinski definition) is 3. The van der Waals surface area contributed by atoms with Crippen LogP contribution in [-0.4, -0.2) is 44.4 Å². The monoisotopic (exact) mass is 341 g/mol. The molecule has 0 saturated carbocycles. The van der Waals surface area contributed by atoms with Gasteiger partial charge in [-0.1, -0.05) is 18.2 Å². The van der Waals surface area contributed by atoms with E-state index < -0.39 is 0 Å². The summed E-state index contributed by atoms with van der Waals surface area (Å²) in [6.07, 6.45) is 3.61. The zero-order chi connectivity index (χ0) is 17.4. The summed E-state index contributed by atoms with van der Waals surface area (Å²) < 4.78 is 1.99. The smallest absolute Gasteiger partial charge is 0.265 e. The van der Waals surface area contributed by atoms with Crippen molar-refractivity contribution in [2.45, 2.75) is 13.8 Å². The molecule has 0 bridgehead atoms. The molecule has 0 aliphatic carbocycles. The van der Waals surface area contributed by atoms with E-state index in [-0.39, 0.29) is 22.5 Å². The number of nitrogens with zero attached hydrogens (tertiary/aromatic N) is 3. The maximum atomic E-state index is 12.7. The number of amides is 2. The molecular weight excluding hydrogens is 322 g/mol. The van der Waals surface area contributed by atoms with Crippen LogP contribution < -0.4 is 0 Å². The first-order valence-corrected chi connectivity index (χ1v) is 8.33. The molecule has 1 aliphatic heterocycles. The van der Waals surface area contributed by atoms with Crippen LogP contribution in [0.15, 0.2) is 36.0 Å². The van der Waals surface area contributed by atoms with Gasteiger partial charge in [0.05, 0.1) is 0 Å². The first kappa shape index (κ1) is 16.4. The van der Waals surface area contributed by atoms with Crippen LogP contribution in [0.4, 0.5) is 0 Å². The first-order chi connectivity index (χ1) is 11.5. The summed E-state index contributed by atoms with van der Waals surface area (Å²) in [4.78, 5) is 28.3. The number of carbonyl (C=O) groups excluding carboxylic acids is 2. The van der Waals surface area contributed by atoms with Gasteiger partial charge in [0.2, 0.25) is 0 Å². The maximum absolute atomic E-state index is 12.7. The lowest BCUT2D eigenvalue weighted by Gasteiger charge is -2.35. The number of aryl methyl sites for hydroxylation is 1. The summed E-state index contributed by atoms with van der Waals surface area (Å²) in [5.74, 6) is -0.657. The third-order valence-corrected chi connectivity index (χ3v) is 4.71. The number of aromatic nitrogens is 1. The SMILES string of the molecule is CCN1C(=O)C(=Cc2cn(C)c3ccccc23)C(=O)N(CC)C1=S. The largest absolute Gasteiger partial charge is 0.350 e. The molecule has 1 saturated heterocycles. The number of benzene rings is 1. The zero-order valence-corrected chi connectivity index (χ0v) is 14.8. The van der Waals surface area contributed by atoms with Crippen molar-refractivity contribution in [2.24, 2.45) is 7.05 Å². The molecule has 2 amide bonds. The Bertz CT molecular complexity index is 854. The minimum atomic E-state index is -0.329. The van der Waals surface area contributed by atoms with Crippen LogP contribution in [0.2, 0.25) is 0 Å². The highest BCUT2D eigenvalue weighted by Gasteiger charge is 2.37. The summed E-state index contributed by atoms with van der Waals surface area (Å²) in [6.45, 7) is 4.58. The fourth-order valence-corrected chi connectivity index (χ4v) is 3.45. The van der Waals surface area contributed by atoms with Crippen LogP contribution in [0.5, 0.6) is 0 Å². The summed E-state index contributed by atoms with van der Waals surface area (Å²) in [5, 5.41) is 1.29. The molecule has 0 unspecified atom stereocenters. The second-order valence-corrected chi connectivity index (χ2v) is 6.02. The predicted octanol–water partition coefficient (Wildman–Crippen LogP) is 2.56. The molecule has 5 nitrogen and oxygen atoms in total. The Kier molecular flexibility index (Phi) is 4.24. The lowest BCUT2D eigenvalue weighted by atomic mass is 10.1. The van der Waals surface area contributed by atoms with Gasteiger partial charge in [0.1, 0.15) is 5.57 Å². The van der Waals surface area contributed by atoms with Crippen LogP contribution in [0.25, 0.3) is 17.0 Å². The van der Waals surface area contributed by atoms with Crippen LogP contribution in [0.3, 0.4) is 0 Å². The molecule has 2 aromatic rings. The van der Waals surface area contributed by atoms with Crippen LogP contribution in [-0.2, 0) is 16.6 Å². The fourth-order valence-electron chi connectivity index (χ4n) is 3.03. The molecule has 6 heteroatoms. The van der Waals surface area contributed by atoms with Crippen molar-refractivity contribution in [1.29, 1.82) is 0 Å². The van der Waals surface area contributed by atoms with Crippen LogP contribution in [0, 0.1) is 0 Å². The molecule has 1 aliphatic rings. The van der Waals surface area contributed by atoms with Gasteiger partial charge < -0.3 is 4.57 Å². The number of thiocarbonyl (C=S) groups is 1. The molecule has 1 aromatic carbocycles.